The predicted octanol–water partition coefficient (Wildman–Crippen LogP) is 1.68. The number of ether oxygens (including phenoxy) is 1. The summed E-state index contributed by atoms with van der Waals surface area (Å²) >= 11 is 0. The van der Waals surface area contributed by atoms with Crippen molar-refractivity contribution in [2.24, 2.45) is 5.92 Å². The van der Waals surface area contributed by atoms with E-state index in [2.05, 4.69) is 4.72 Å². The third-order valence-electron chi connectivity index (χ3n) is 3.68. The number of carbonyl (C=O) groups excluding carboxylic acids is 1. The van der Waals surface area contributed by atoms with Crippen LogP contribution in [0.2, 0.25) is 0 Å². The van der Waals surface area contributed by atoms with E-state index in [-0.39, 0.29) is 5.92 Å². The molecule has 0 atom stereocenters. The molecule has 1 heterocycles. The summed E-state index contributed by atoms with van der Waals surface area (Å²) in [5.41, 5.74) is 0. The Morgan fingerprint density at radius 1 is 1.14 bits per heavy atom. The van der Waals surface area contributed by atoms with E-state index >= 15 is 0 Å². The molecule has 1 N–H and O–H groups in total. The van der Waals surface area contributed by atoms with Crippen molar-refractivity contribution in [1.82, 2.24) is 9.03 Å². The Hall–Kier alpha value is -0.660. The van der Waals surface area contributed by atoms with Crippen LogP contribution in [0.5, 0.6) is 0 Å². The summed E-state index contributed by atoms with van der Waals surface area (Å²) in [7, 11) is -3.72. The zero-order valence-electron chi connectivity index (χ0n) is 13.1. The molecule has 21 heavy (non-hydrogen) atoms. The highest BCUT2D eigenvalue weighted by Gasteiger charge is 2.28. The molecule has 1 amide bonds. The first kappa shape index (κ1) is 18.4. The van der Waals surface area contributed by atoms with Crippen LogP contribution in [-0.2, 0) is 19.7 Å². The lowest BCUT2D eigenvalue weighted by Crippen LogP contribution is -2.47. The summed E-state index contributed by atoms with van der Waals surface area (Å²) in [6.07, 6.45) is 4.63. The largest absolute Gasteiger partial charge is 0.381 e. The van der Waals surface area contributed by atoms with Crippen LogP contribution in [0.15, 0.2) is 0 Å². The minimum Gasteiger partial charge on any atom is -0.381 e. The van der Waals surface area contributed by atoms with Crippen LogP contribution >= 0.6 is 0 Å². The van der Waals surface area contributed by atoms with Crippen molar-refractivity contribution < 1.29 is 17.9 Å². The van der Waals surface area contributed by atoms with E-state index in [1.54, 1.807) is 0 Å². The average Bonchev–Trinajstić information content (AvgIpc) is 2.47. The smallest absolute Gasteiger partial charge is 0.303 e. The van der Waals surface area contributed by atoms with E-state index in [0.29, 0.717) is 39.1 Å². The van der Waals surface area contributed by atoms with Crippen molar-refractivity contribution in [3.05, 3.63) is 0 Å². The van der Waals surface area contributed by atoms with Crippen molar-refractivity contribution in [3.63, 3.8) is 0 Å². The highest BCUT2D eigenvalue weighted by atomic mass is 32.2. The normalized spacial score (nSPS) is 17.1. The molecular formula is C14H28N2O4S. The molecule has 0 bridgehead atoms. The zero-order valence-corrected chi connectivity index (χ0v) is 14.0. The van der Waals surface area contributed by atoms with Crippen LogP contribution in [0, 0.1) is 5.92 Å². The van der Waals surface area contributed by atoms with Gasteiger partial charge >= 0.3 is 10.2 Å². The maximum Gasteiger partial charge on any atom is 0.303 e. The van der Waals surface area contributed by atoms with Crippen LogP contribution < -0.4 is 4.72 Å². The Balaban J connectivity index is 2.62. The number of hydrogen-bond acceptors (Lipinski definition) is 4. The first-order valence-electron chi connectivity index (χ1n) is 7.90. The van der Waals surface area contributed by atoms with E-state index in [4.69, 9.17) is 4.74 Å². The summed E-state index contributed by atoms with van der Waals surface area (Å²) in [4.78, 5) is 12.1. The highest BCUT2D eigenvalue weighted by Crippen LogP contribution is 2.15. The monoisotopic (exact) mass is 320 g/mol. The van der Waals surface area contributed by atoms with Crippen molar-refractivity contribution in [3.8, 4) is 0 Å². The van der Waals surface area contributed by atoms with Gasteiger partial charge in [-0.1, -0.05) is 26.7 Å². The van der Waals surface area contributed by atoms with E-state index in [9.17, 15) is 13.2 Å². The first-order valence-corrected chi connectivity index (χ1v) is 9.34. The molecule has 1 saturated heterocycles. The molecule has 0 saturated carbocycles. The Morgan fingerprint density at radius 3 is 2.14 bits per heavy atom. The lowest BCUT2D eigenvalue weighted by Gasteiger charge is -2.25. The van der Waals surface area contributed by atoms with Crippen molar-refractivity contribution in [1.29, 1.82) is 0 Å². The highest BCUT2D eigenvalue weighted by molar-refractivity contribution is 7.87. The van der Waals surface area contributed by atoms with Gasteiger partial charge in [-0.3, -0.25) is 4.79 Å². The molecule has 1 aliphatic heterocycles. The van der Waals surface area contributed by atoms with Crippen molar-refractivity contribution >= 4 is 16.1 Å². The van der Waals surface area contributed by atoms with Gasteiger partial charge in [-0.05, 0) is 25.7 Å². The number of rotatable bonds is 9. The van der Waals surface area contributed by atoms with Gasteiger partial charge in [0.1, 0.15) is 0 Å². The summed E-state index contributed by atoms with van der Waals surface area (Å²) in [6.45, 7) is 6.01. The van der Waals surface area contributed by atoms with Gasteiger partial charge in [0.2, 0.25) is 5.91 Å². The number of amides is 1. The molecule has 1 aliphatic rings. The van der Waals surface area contributed by atoms with E-state index < -0.39 is 16.1 Å². The zero-order chi connectivity index (χ0) is 15.7. The van der Waals surface area contributed by atoms with Crippen LogP contribution in [0.4, 0.5) is 0 Å². The van der Waals surface area contributed by atoms with E-state index in [1.807, 2.05) is 13.8 Å². The first-order chi connectivity index (χ1) is 10.0. The summed E-state index contributed by atoms with van der Waals surface area (Å²) in [5, 5.41) is 0. The third kappa shape index (κ3) is 6.32. The predicted molar refractivity (Wildman–Crippen MR) is 82.0 cm³/mol. The number of nitrogens with zero attached hydrogens (tertiary/aromatic N) is 1. The fourth-order valence-electron chi connectivity index (χ4n) is 2.26. The molecule has 0 aliphatic carbocycles. The maximum atomic E-state index is 12.4. The number of unbranched alkanes of at least 4 members (excludes halogenated alkanes) is 2. The van der Waals surface area contributed by atoms with Crippen LogP contribution in [0.25, 0.3) is 0 Å². The number of hydrogen-bond donors (Lipinski definition) is 1. The lowest BCUT2D eigenvalue weighted by molar-refractivity contribution is -0.126. The minimum absolute atomic E-state index is 0.257. The summed E-state index contributed by atoms with van der Waals surface area (Å²) in [5.74, 6) is -0.649. The van der Waals surface area contributed by atoms with Gasteiger partial charge in [-0.2, -0.15) is 12.7 Å². The molecule has 0 spiro atoms. The molecule has 1 fully saturated rings. The van der Waals surface area contributed by atoms with Crippen molar-refractivity contribution in [2.45, 2.75) is 52.4 Å². The second kappa shape index (κ2) is 9.38. The summed E-state index contributed by atoms with van der Waals surface area (Å²) in [6, 6.07) is 0. The molecule has 0 aromatic rings. The minimum atomic E-state index is -3.72. The number of nitrogens with one attached hydrogen (secondary N) is 1. The van der Waals surface area contributed by atoms with Gasteiger partial charge in [0, 0.05) is 32.2 Å². The van der Waals surface area contributed by atoms with Gasteiger partial charge in [-0.25, -0.2) is 4.72 Å². The van der Waals surface area contributed by atoms with Gasteiger partial charge in [0.25, 0.3) is 0 Å². The average molecular weight is 320 g/mol. The molecule has 0 aromatic heterocycles. The molecular weight excluding hydrogens is 292 g/mol. The second-order valence-corrected chi connectivity index (χ2v) is 7.13. The molecule has 124 valence electrons. The van der Waals surface area contributed by atoms with Gasteiger partial charge in [-0.15, -0.1) is 0 Å². The molecule has 0 unspecified atom stereocenters. The van der Waals surface area contributed by atoms with E-state index in [0.717, 1.165) is 25.7 Å². The van der Waals surface area contributed by atoms with E-state index in [1.165, 1.54) is 4.31 Å². The standard InChI is InChI=1S/C14H28N2O4S/c1-3-5-9-16(10-6-4-2)21(18,19)15-14(17)13-7-11-20-12-8-13/h13H,3-12H2,1-2H3,(H,15,17). The van der Waals surface area contributed by atoms with Gasteiger partial charge in [0.15, 0.2) is 0 Å². The topological polar surface area (TPSA) is 75.7 Å². The van der Waals surface area contributed by atoms with Gasteiger partial charge < -0.3 is 4.74 Å². The second-order valence-electron chi connectivity index (χ2n) is 5.46. The number of carbonyl (C=O) groups is 1. The Bertz CT molecular complexity index is 397. The fraction of sp³-hybridized carbons (Fsp3) is 0.929. The molecule has 0 aromatic carbocycles. The van der Waals surface area contributed by atoms with Crippen LogP contribution in [0.3, 0.4) is 0 Å². The molecule has 0 radical (unpaired) electrons. The summed E-state index contributed by atoms with van der Waals surface area (Å²) < 4.78 is 33.6. The molecule has 6 nitrogen and oxygen atoms in total. The lowest BCUT2D eigenvalue weighted by atomic mass is 10.0. The quantitative estimate of drug-likeness (QED) is 0.701. The Morgan fingerprint density at radius 2 is 1.67 bits per heavy atom. The third-order valence-corrected chi connectivity index (χ3v) is 5.19. The molecule has 7 heteroatoms. The fourth-order valence-corrected chi connectivity index (χ4v) is 3.54. The van der Waals surface area contributed by atoms with Crippen LogP contribution in [0.1, 0.15) is 52.4 Å². The Labute approximate surface area is 128 Å². The van der Waals surface area contributed by atoms with Gasteiger partial charge in [0.05, 0.1) is 0 Å². The van der Waals surface area contributed by atoms with Crippen LogP contribution in [-0.4, -0.2) is 44.9 Å². The molecule has 1 rings (SSSR count). The maximum absolute atomic E-state index is 12.4. The SMILES string of the molecule is CCCCN(CCCC)S(=O)(=O)NC(=O)C1CCOCC1. The van der Waals surface area contributed by atoms with Crippen molar-refractivity contribution in [2.75, 3.05) is 26.3 Å². The Kier molecular flexibility index (Phi) is 8.21.